The highest BCUT2D eigenvalue weighted by molar-refractivity contribution is 5.87. The molecule has 3 atom stereocenters. The van der Waals surface area contributed by atoms with Crippen LogP contribution in [0, 0.1) is 22.7 Å². The first-order chi connectivity index (χ1) is 8.19. The second kappa shape index (κ2) is 3.84. The Balaban J connectivity index is 2.29. The van der Waals surface area contributed by atoms with Gasteiger partial charge in [-0.1, -0.05) is 26.8 Å². The molecular weight excluding hydrogens is 232 g/mol. The Kier molecular flexibility index (Phi) is 2.80. The third kappa shape index (κ3) is 1.84. The van der Waals surface area contributed by atoms with Gasteiger partial charge >= 0.3 is 11.9 Å². The zero-order valence-electron chi connectivity index (χ0n) is 11.1. The molecule has 0 heterocycles. The molecule has 0 aromatic rings. The summed E-state index contributed by atoms with van der Waals surface area (Å²) < 4.78 is 0. The topological polar surface area (TPSA) is 74.6 Å². The van der Waals surface area contributed by atoms with Gasteiger partial charge in [-0.25, -0.2) is 4.79 Å². The van der Waals surface area contributed by atoms with Crippen molar-refractivity contribution in [3.8, 4) is 0 Å². The van der Waals surface area contributed by atoms with Gasteiger partial charge in [0.05, 0.1) is 5.92 Å². The van der Waals surface area contributed by atoms with E-state index >= 15 is 0 Å². The van der Waals surface area contributed by atoms with Gasteiger partial charge in [-0.3, -0.25) is 4.79 Å². The van der Waals surface area contributed by atoms with E-state index in [4.69, 9.17) is 5.11 Å². The van der Waals surface area contributed by atoms with Crippen LogP contribution < -0.4 is 0 Å². The molecule has 0 saturated heterocycles. The molecule has 0 spiro atoms. The van der Waals surface area contributed by atoms with Crippen LogP contribution in [0.1, 0.15) is 40.0 Å². The van der Waals surface area contributed by atoms with E-state index in [1.54, 1.807) is 6.08 Å². The molecular formula is C14H20O4. The standard InChI is InChI=1S/C14H20O4/c1-13(2)7-14(13,3)10-6-8(11(15)16)4-5-9(10)12(17)18/h4,9-10H,5-7H2,1-3H3,(H,15,16)(H,17,18). The maximum atomic E-state index is 11.4. The van der Waals surface area contributed by atoms with Crippen LogP contribution in [0.4, 0.5) is 0 Å². The number of carboxylic acids is 2. The Morgan fingerprint density at radius 2 is 1.83 bits per heavy atom. The normalized spacial score (nSPS) is 37.8. The minimum atomic E-state index is -0.911. The van der Waals surface area contributed by atoms with E-state index in [0.29, 0.717) is 18.4 Å². The number of hydrogen-bond donors (Lipinski definition) is 2. The van der Waals surface area contributed by atoms with Crippen LogP contribution in [0.2, 0.25) is 0 Å². The zero-order chi connectivity index (χ0) is 13.7. The van der Waals surface area contributed by atoms with Gasteiger partial charge < -0.3 is 10.2 Å². The Morgan fingerprint density at radius 1 is 1.28 bits per heavy atom. The molecule has 0 amide bonds. The number of aliphatic carboxylic acids is 2. The third-order valence-electron chi connectivity index (χ3n) is 5.18. The van der Waals surface area contributed by atoms with Crippen molar-refractivity contribution in [3.63, 3.8) is 0 Å². The summed E-state index contributed by atoms with van der Waals surface area (Å²) in [4.78, 5) is 22.4. The summed E-state index contributed by atoms with van der Waals surface area (Å²) in [5.74, 6) is -2.23. The molecule has 2 rings (SSSR count). The molecule has 100 valence electrons. The van der Waals surface area contributed by atoms with Gasteiger partial charge in [-0.15, -0.1) is 0 Å². The lowest BCUT2D eigenvalue weighted by atomic mass is 9.69. The van der Waals surface area contributed by atoms with Gasteiger partial charge in [0.2, 0.25) is 0 Å². The number of allylic oxidation sites excluding steroid dienone is 1. The van der Waals surface area contributed by atoms with Gasteiger partial charge in [0.25, 0.3) is 0 Å². The van der Waals surface area contributed by atoms with Crippen molar-refractivity contribution in [2.45, 2.75) is 40.0 Å². The first kappa shape index (κ1) is 13.1. The van der Waals surface area contributed by atoms with E-state index in [1.807, 2.05) is 0 Å². The van der Waals surface area contributed by atoms with Crippen LogP contribution in [-0.4, -0.2) is 22.2 Å². The quantitative estimate of drug-likeness (QED) is 0.809. The average molecular weight is 252 g/mol. The highest BCUT2D eigenvalue weighted by atomic mass is 16.4. The smallest absolute Gasteiger partial charge is 0.331 e. The molecule has 4 heteroatoms. The Hall–Kier alpha value is -1.32. The molecule has 0 aliphatic heterocycles. The number of carboxylic acid groups (broad SMARTS) is 2. The van der Waals surface area contributed by atoms with E-state index in [2.05, 4.69) is 20.8 Å². The van der Waals surface area contributed by atoms with Crippen molar-refractivity contribution < 1.29 is 19.8 Å². The lowest BCUT2D eigenvalue weighted by molar-refractivity contribution is -0.146. The number of carbonyl (C=O) groups is 2. The molecule has 2 aliphatic rings. The Bertz CT molecular complexity index is 435. The van der Waals surface area contributed by atoms with Crippen LogP contribution in [0.3, 0.4) is 0 Å². The molecule has 0 aromatic heterocycles. The molecule has 2 aliphatic carbocycles. The first-order valence-electron chi connectivity index (χ1n) is 6.34. The molecule has 1 fully saturated rings. The minimum absolute atomic E-state index is 0.0506. The summed E-state index contributed by atoms with van der Waals surface area (Å²) in [5, 5.41) is 18.4. The van der Waals surface area contributed by atoms with E-state index in [1.165, 1.54) is 0 Å². The Labute approximate surface area is 107 Å². The van der Waals surface area contributed by atoms with E-state index < -0.39 is 17.9 Å². The predicted octanol–water partition coefficient (Wildman–Crippen LogP) is 2.54. The summed E-state index contributed by atoms with van der Waals surface area (Å²) in [6, 6.07) is 0. The zero-order valence-corrected chi connectivity index (χ0v) is 11.1. The van der Waals surface area contributed by atoms with Crippen molar-refractivity contribution in [1.82, 2.24) is 0 Å². The summed E-state index contributed by atoms with van der Waals surface area (Å²) >= 11 is 0. The molecule has 0 aromatic carbocycles. The maximum absolute atomic E-state index is 11.4. The molecule has 0 radical (unpaired) electrons. The van der Waals surface area contributed by atoms with Crippen molar-refractivity contribution >= 4 is 11.9 Å². The fourth-order valence-corrected chi connectivity index (χ4v) is 3.52. The van der Waals surface area contributed by atoms with E-state index in [9.17, 15) is 14.7 Å². The summed E-state index contributed by atoms with van der Waals surface area (Å²) in [5.41, 5.74) is 0.443. The molecule has 0 bridgehead atoms. The average Bonchev–Trinajstić information content (AvgIpc) is 2.78. The SMILES string of the molecule is CC1(C)CC1(C)C1CC(C(=O)O)=CCC1C(=O)O. The van der Waals surface area contributed by atoms with Gasteiger partial charge in [0.1, 0.15) is 0 Å². The summed E-state index contributed by atoms with van der Waals surface area (Å²) in [6.07, 6.45) is 3.28. The summed E-state index contributed by atoms with van der Waals surface area (Å²) in [7, 11) is 0. The van der Waals surface area contributed by atoms with Crippen LogP contribution in [-0.2, 0) is 9.59 Å². The lowest BCUT2D eigenvalue weighted by Crippen LogP contribution is -2.34. The lowest BCUT2D eigenvalue weighted by Gasteiger charge is -2.34. The van der Waals surface area contributed by atoms with Crippen molar-refractivity contribution in [1.29, 1.82) is 0 Å². The molecule has 18 heavy (non-hydrogen) atoms. The fourth-order valence-electron chi connectivity index (χ4n) is 3.52. The van der Waals surface area contributed by atoms with Crippen LogP contribution in [0.25, 0.3) is 0 Å². The van der Waals surface area contributed by atoms with Crippen molar-refractivity contribution in [3.05, 3.63) is 11.6 Å². The number of hydrogen-bond acceptors (Lipinski definition) is 2. The number of rotatable bonds is 3. The van der Waals surface area contributed by atoms with Crippen molar-refractivity contribution in [2.75, 3.05) is 0 Å². The molecule has 4 nitrogen and oxygen atoms in total. The van der Waals surface area contributed by atoms with Crippen LogP contribution in [0.15, 0.2) is 11.6 Å². The summed E-state index contributed by atoms with van der Waals surface area (Å²) in [6.45, 7) is 6.35. The Morgan fingerprint density at radius 3 is 2.22 bits per heavy atom. The van der Waals surface area contributed by atoms with Gasteiger partial charge in [-0.05, 0) is 36.0 Å². The van der Waals surface area contributed by atoms with Gasteiger partial charge in [0, 0.05) is 5.57 Å². The van der Waals surface area contributed by atoms with E-state index in [0.717, 1.165) is 6.42 Å². The molecule has 3 unspecified atom stereocenters. The second-order valence-electron chi connectivity index (χ2n) is 6.50. The van der Waals surface area contributed by atoms with E-state index in [-0.39, 0.29) is 16.7 Å². The monoisotopic (exact) mass is 252 g/mol. The van der Waals surface area contributed by atoms with Gasteiger partial charge in [0.15, 0.2) is 0 Å². The molecule has 2 N–H and O–H groups in total. The highest BCUT2D eigenvalue weighted by Gasteiger charge is 2.63. The largest absolute Gasteiger partial charge is 0.481 e. The predicted molar refractivity (Wildman–Crippen MR) is 66.1 cm³/mol. The maximum Gasteiger partial charge on any atom is 0.331 e. The fraction of sp³-hybridized carbons (Fsp3) is 0.714. The third-order valence-corrected chi connectivity index (χ3v) is 5.18. The highest BCUT2D eigenvalue weighted by Crippen LogP contribution is 2.70. The minimum Gasteiger partial charge on any atom is -0.481 e. The van der Waals surface area contributed by atoms with Crippen molar-refractivity contribution in [2.24, 2.45) is 22.7 Å². The van der Waals surface area contributed by atoms with Crippen LogP contribution >= 0.6 is 0 Å². The second-order valence-corrected chi connectivity index (χ2v) is 6.50. The van der Waals surface area contributed by atoms with Crippen LogP contribution in [0.5, 0.6) is 0 Å². The molecule has 1 saturated carbocycles. The van der Waals surface area contributed by atoms with Gasteiger partial charge in [-0.2, -0.15) is 0 Å². The first-order valence-corrected chi connectivity index (χ1v) is 6.34.